The molecule has 25 heavy (non-hydrogen) atoms. The van der Waals surface area contributed by atoms with Gasteiger partial charge in [-0.15, -0.1) is 0 Å². The highest BCUT2D eigenvalue weighted by Crippen LogP contribution is 2.26. The van der Waals surface area contributed by atoms with Crippen LogP contribution in [0.15, 0.2) is 42.5 Å². The zero-order chi connectivity index (χ0) is 18.4. The van der Waals surface area contributed by atoms with E-state index in [-0.39, 0.29) is 11.5 Å². The molecule has 6 nitrogen and oxygen atoms in total. The fraction of sp³-hybridized carbons (Fsp3) is 0.211. The smallest absolute Gasteiger partial charge is 0.273 e. The van der Waals surface area contributed by atoms with Gasteiger partial charge in [-0.25, -0.2) is 0 Å². The normalized spacial score (nSPS) is 10.7. The summed E-state index contributed by atoms with van der Waals surface area (Å²) in [5, 5.41) is 11.1. The molecule has 0 spiro atoms. The fourth-order valence-corrected chi connectivity index (χ4v) is 2.42. The summed E-state index contributed by atoms with van der Waals surface area (Å²) in [5.74, 6) is 0.728. The Bertz CT molecular complexity index is 827. The third kappa shape index (κ3) is 4.23. The predicted octanol–water partition coefficient (Wildman–Crippen LogP) is 4.07. The van der Waals surface area contributed by atoms with Gasteiger partial charge in [0.2, 0.25) is 0 Å². The molecule has 0 aliphatic carbocycles. The van der Waals surface area contributed by atoms with Gasteiger partial charge >= 0.3 is 0 Å². The van der Waals surface area contributed by atoms with E-state index in [1.54, 1.807) is 36.4 Å². The standard InChI is InChI=1S/C19H19NO5/c1-4-14-7-5-13(11-17(14)20(22)23)6-10-18(21)16-9-8-15(24-2)12-19(16)25-3/h5-12H,4H2,1-3H3/b10-6+. The first-order valence-corrected chi connectivity index (χ1v) is 7.72. The van der Waals surface area contributed by atoms with Crippen molar-refractivity contribution in [3.63, 3.8) is 0 Å². The monoisotopic (exact) mass is 341 g/mol. The van der Waals surface area contributed by atoms with Crippen LogP contribution in [0, 0.1) is 10.1 Å². The van der Waals surface area contributed by atoms with E-state index in [0.717, 1.165) is 0 Å². The van der Waals surface area contributed by atoms with E-state index >= 15 is 0 Å². The number of nitro groups is 1. The van der Waals surface area contributed by atoms with Crippen LogP contribution in [0.5, 0.6) is 11.5 Å². The lowest BCUT2D eigenvalue weighted by Crippen LogP contribution is -1.99. The van der Waals surface area contributed by atoms with Gasteiger partial charge in [0, 0.05) is 17.7 Å². The zero-order valence-corrected chi connectivity index (χ0v) is 14.3. The second-order valence-corrected chi connectivity index (χ2v) is 5.26. The number of carbonyl (C=O) groups excluding carboxylic acids is 1. The molecule has 0 heterocycles. The van der Waals surface area contributed by atoms with Gasteiger partial charge in [0.1, 0.15) is 11.5 Å². The summed E-state index contributed by atoms with van der Waals surface area (Å²) >= 11 is 0. The fourth-order valence-electron chi connectivity index (χ4n) is 2.42. The first-order chi connectivity index (χ1) is 12.0. The number of ether oxygens (including phenoxy) is 2. The number of carbonyl (C=O) groups is 1. The average Bonchev–Trinajstić information content (AvgIpc) is 2.65. The van der Waals surface area contributed by atoms with Crippen molar-refractivity contribution in [2.75, 3.05) is 14.2 Å². The molecule has 0 bridgehead atoms. The second kappa shape index (κ2) is 8.10. The summed E-state index contributed by atoms with van der Waals surface area (Å²) in [5.41, 5.74) is 1.69. The van der Waals surface area contributed by atoms with Gasteiger partial charge in [-0.05, 0) is 30.2 Å². The number of benzene rings is 2. The summed E-state index contributed by atoms with van der Waals surface area (Å²) in [7, 11) is 3.01. The molecule has 0 amide bonds. The molecule has 130 valence electrons. The number of nitrogens with zero attached hydrogens (tertiary/aromatic N) is 1. The van der Waals surface area contributed by atoms with Gasteiger partial charge < -0.3 is 9.47 Å². The Morgan fingerprint density at radius 1 is 1.16 bits per heavy atom. The Hall–Kier alpha value is -3.15. The third-order valence-electron chi connectivity index (χ3n) is 3.79. The summed E-state index contributed by atoms with van der Waals surface area (Å²) in [6, 6.07) is 9.84. The molecule has 2 aromatic rings. The molecule has 2 aromatic carbocycles. The highest BCUT2D eigenvalue weighted by Gasteiger charge is 2.13. The van der Waals surface area contributed by atoms with Crippen molar-refractivity contribution in [2.45, 2.75) is 13.3 Å². The Balaban J connectivity index is 2.29. The molecule has 0 aliphatic rings. The lowest BCUT2D eigenvalue weighted by atomic mass is 10.0. The Labute approximate surface area is 145 Å². The van der Waals surface area contributed by atoms with Crippen LogP contribution >= 0.6 is 0 Å². The number of allylic oxidation sites excluding steroid dienone is 1. The van der Waals surface area contributed by atoms with E-state index in [1.165, 1.54) is 26.4 Å². The molecule has 0 radical (unpaired) electrons. The van der Waals surface area contributed by atoms with Crippen molar-refractivity contribution < 1.29 is 19.2 Å². The highest BCUT2D eigenvalue weighted by molar-refractivity contribution is 6.08. The van der Waals surface area contributed by atoms with Gasteiger partial charge in [-0.2, -0.15) is 0 Å². The van der Waals surface area contributed by atoms with E-state index in [9.17, 15) is 14.9 Å². The van der Waals surface area contributed by atoms with Crippen LogP contribution in [0.1, 0.15) is 28.4 Å². The summed E-state index contributed by atoms with van der Waals surface area (Å²) in [4.78, 5) is 23.1. The molecule has 0 unspecified atom stereocenters. The lowest BCUT2D eigenvalue weighted by Gasteiger charge is -2.08. The van der Waals surface area contributed by atoms with E-state index in [2.05, 4.69) is 0 Å². The van der Waals surface area contributed by atoms with Crippen molar-refractivity contribution in [3.05, 3.63) is 69.3 Å². The molecule has 0 atom stereocenters. The topological polar surface area (TPSA) is 78.7 Å². The van der Waals surface area contributed by atoms with Crippen molar-refractivity contribution in [1.82, 2.24) is 0 Å². The van der Waals surface area contributed by atoms with Crippen molar-refractivity contribution in [3.8, 4) is 11.5 Å². The number of aryl methyl sites for hydroxylation is 1. The molecule has 6 heteroatoms. The first kappa shape index (κ1) is 18.2. The van der Waals surface area contributed by atoms with E-state index in [4.69, 9.17) is 9.47 Å². The van der Waals surface area contributed by atoms with Gasteiger partial charge in [-0.3, -0.25) is 14.9 Å². The molecule has 0 N–H and O–H groups in total. The van der Waals surface area contributed by atoms with Crippen molar-refractivity contribution >= 4 is 17.5 Å². The first-order valence-electron chi connectivity index (χ1n) is 7.72. The van der Waals surface area contributed by atoms with E-state index in [1.807, 2.05) is 6.92 Å². The van der Waals surface area contributed by atoms with Crippen LogP contribution in [-0.4, -0.2) is 24.9 Å². The number of ketones is 1. The van der Waals surface area contributed by atoms with Crippen molar-refractivity contribution in [1.29, 1.82) is 0 Å². The number of nitro benzene ring substituents is 1. The van der Waals surface area contributed by atoms with Crippen LogP contribution in [-0.2, 0) is 6.42 Å². The number of rotatable bonds is 7. The van der Waals surface area contributed by atoms with Crippen LogP contribution in [0.25, 0.3) is 6.08 Å². The minimum Gasteiger partial charge on any atom is -0.497 e. The summed E-state index contributed by atoms with van der Waals surface area (Å²) in [6.45, 7) is 1.86. The Morgan fingerprint density at radius 3 is 2.52 bits per heavy atom. The maximum Gasteiger partial charge on any atom is 0.273 e. The SMILES string of the molecule is CCc1ccc(/C=C/C(=O)c2ccc(OC)cc2OC)cc1[N+](=O)[O-]. The van der Waals surface area contributed by atoms with Crippen molar-refractivity contribution in [2.24, 2.45) is 0 Å². The molecular formula is C19H19NO5. The highest BCUT2D eigenvalue weighted by atomic mass is 16.6. The van der Waals surface area contributed by atoms with Crippen LogP contribution in [0.4, 0.5) is 5.69 Å². The lowest BCUT2D eigenvalue weighted by molar-refractivity contribution is -0.385. The van der Waals surface area contributed by atoms with Gasteiger partial charge in [0.05, 0.1) is 24.7 Å². The largest absolute Gasteiger partial charge is 0.497 e. The summed E-state index contributed by atoms with van der Waals surface area (Å²) in [6.07, 6.45) is 3.50. The van der Waals surface area contributed by atoms with Crippen LogP contribution in [0.3, 0.4) is 0 Å². The zero-order valence-electron chi connectivity index (χ0n) is 14.3. The minimum absolute atomic E-state index is 0.0547. The molecule has 0 saturated carbocycles. The molecule has 0 saturated heterocycles. The van der Waals surface area contributed by atoms with Crippen LogP contribution in [0.2, 0.25) is 0 Å². The number of methoxy groups -OCH3 is 2. The van der Waals surface area contributed by atoms with Gasteiger partial charge in [0.25, 0.3) is 5.69 Å². The predicted molar refractivity (Wildman–Crippen MR) is 95.4 cm³/mol. The quantitative estimate of drug-likeness (QED) is 0.328. The second-order valence-electron chi connectivity index (χ2n) is 5.26. The van der Waals surface area contributed by atoms with E-state index < -0.39 is 4.92 Å². The maximum atomic E-state index is 12.4. The van der Waals surface area contributed by atoms with Gasteiger partial charge in [-0.1, -0.05) is 25.1 Å². The molecule has 2 rings (SSSR count). The third-order valence-corrected chi connectivity index (χ3v) is 3.79. The molecule has 0 aromatic heterocycles. The molecular weight excluding hydrogens is 322 g/mol. The number of hydrogen-bond donors (Lipinski definition) is 0. The molecule has 0 aliphatic heterocycles. The summed E-state index contributed by atoms with van der Waals surface area (Å²) < 4.78 is 10.3. The Kier molecular flexibility index (Phi) is 5.89. The minimum atomic E-state index is -0.412. The maximum absolute atomic E-state index is 12.4. The van der Waals surface area contributed by atoms with E-state index in [0.29, 0.717) is 34.6 Å². The number of hydrogen-bond acceptors (Lipinski definition) is 5. The van der Waals surface area contributed by atoms with Crippen LogP contribution < -0.4 is 9.47 Å². The Morgan fingerprint density at radius 2 is 1.92 bits per heavy atom. The molecule has 0 fully saturated rings. The average molecular weight is 341 g/mol. The van der Waals surface area contributed by atoms with Gasteiger partial charge in [0.15, 0.2) is 5.78 Å².